The number of carbonyl (C=O) groups excluding carboxylic acids is 1. The average Bonchev–Trinajstić information content (AvgIpc) is 2.04. The molecular formula is C8H9N2NaO2. The van der Waals surface area contributed by atoms with E-state index in [0.29, 0.717) is 5.69 Å². The van der Waals surface area contributed by atoms with Crippen molar-refractivity contribution in [2.24, 2.45) is 0 Å². The van der Waals surface area contributed by atoms with E-state index in [2.05, 4.69) is 4.98 Å². The Bertz CT molecular complexity index is 302. The van der Waals surface area contributed by atoms with Crippen LogP contribution < -0.4 is 39.6 Å². The number of hydrogen-bond donors (Lipinski definition) is 0. The van der Waals surface area contributed by atoms with Crippen molar-refractivity contribution < 1.29 is 39.5 Å². The number of rotatable bonds is 2. The van der Waals surface area contributed by atoms with Crippen molar-refractivity contribution in [3.8, 4) is 0 Å². The number of anilines is 1. The van der Waals surface area contributed by atoms with E-state index in [1.165, 1.54) is 6.20 Å². The molecule has 0 saturated carbocycles. The summed E-state index contributed by atoms with van der Waals surface area (Å²) in [6, 6.07) is 3.36. The molecule has 0 radical (unpaired) electrons. The Morgan fingerprint density at radius 2 is 2.15 bits per heavy atom. The van der Waals surface area contributed by atoms with Gasteiger partial charge in [0.1, 0.15) is 5.69 Å². The Kier molecular flexibility index (Phi) is 4.98. The summed E-state index contributed by atoms with van der Waals surface area (Å²) in [7, 11) is 3.51. The van der Waals surface area contributed by atoms with Crippen LogP contribution in [-0.2, 0) is 0 Å². The molecule has 4 nitrogen and oxygen atoms in total. The molecular weight excluding hydrogens is 179 g/mol. The largest absolute Gasteiger partial charge is 1.00 e. The van der Waals surface area contributed by atoms with Gasteiger partial charge < -0.3 is 14.8 Å². The zero-order chi connectivity index (χ0) is 9.14. The molecule has 0 spiro atoms. The Labute approximate surface area is 98.9 Å². The van der Waals surface area contributed by atoms with Gasteiger partial charge in [-0.2, -0.15) is 0 Å². The van der Waals surface area contributed by atoms with Crippen LogP contribution in [0.5, 0.6) is 0 Å². The van der Waals surface area contributed by atoms with Gasteiger partial charge in [0.05, 0.1) is 11.7 Å². The molecule has 1 aromatic heterocycles. The van der Waals surface area contributed by atoms with Crippen molar-refractivity contribution in [3.05, 3.63) is 24.0 Å². The van der Waals surface area contributed by atoms with Crippen LogP contribution in [0.1, 0.15) is 10.5 Å². The molecule has 0 bridgehead atoms. The van der Waals surface area contributed by atoms with Crippen molar-refractivity contribution in [1.82, 2.24) is 4.98 Å². The minimum absolute atomic E-state index is 0. The van der Waals surface area contributed by atoms with Crippen LogP contribution in [0.2, 0.25) is 0 Å². The predicted molar refractivity (Wildman–Crippen MR) is 42.9 cm³/mol. The number of pyridine rings is 1. The van der Waals surface area contributed by atoms with Crippen LogP contribution in [0.15, 0.2) is 18.3 Å². The van der Waals surface area contributed by atoms with Crippen LogP contribution in [0.25, 0.3) is 0 Å². The maximum Gasteiger partial charge on any atom is 1.00 e. The summed E-state index contributed by atoms with van der Waals surface area (Å²) < 4.78 is 0. The second kappa shape index (κ2) is 5.21. The van der Waals surface area contributed by atoms with Crippen molar-refractivity contribution in [2.75, 3.05) is 19.0 Å². The van der Waals surface area contributed by atoms with Gasteiger partial charge in [0, 0.05) is 20.3 Å². The number of nitrogens with zero attached hydrogens (tertiary/aromatic N) is 2. The van der Waals surface area contributed by atoms with Gasteiger partial charge in [0.2, 0.25) is 0 Å². The Morgan fingerprint density at radius 1 is 1.54 bits per heavy atom. The molecule has 0 aromatic carbocycles. The van der Waals surface area contributed by atoms with Crippen LogP contribution >= 0.6 is 0 Å². The second-order valence-electron chi connectivity index (χ2n) is 2.55. The van der Waals surface area contributed by atoms with E-state index in [-0.39, 0.29) is 35.3 Å². The number of hydrogen-bond acceptors (Lipinski definition) is 4. The fraction of sp³-hybridized carbons (Fsp3) is 0.250. The van der Waals surface area contributed by atoms with Crippen LogP contribution in [0.3, 0.4) is 0 Å². The zero-order valence-corrected chi connectivity index (χ0v) is 9.94. The third kappa shape index (κ3) is 2.99. The van der Waals surface area contributed by atoms with Crippen molar-refractivity contribution >= 4 is 11.7 Å². The summed E-state index contributed by atoms with van der Waals surface area (Å²) in [5.74, 6) is -1.25. The van der Waals surface area contributed by atoms with E-state index in [9.17, 15) is 9.90 Å². The quantitative estimate of drug-likeness (QED) is 0.452. The molecule has 0 unspecified atom stereocenters. The predicted octanol–water partition coefficient (Wildman–Crippen LogP) is -3.48. The number of aromatic nitrogens is 1. The third-order valence-corrected chi connectivity index (χ3v) is 1.46. The van der Waals surface area contributed by atoms with Gasteiger partial charge >= 0.3 is 29.6 Å². The van der Waals surface area contributed by atoms with Crippen molar-refractivity contribution in [2.45, 2.75) is 0 Å². The van der Waals surface area contributed by atoms with Gasteiger partial charge in [-0.05, 0) is 12.1 Å². The average molecular weight is 188 g/mol. The number of carboxylic acid groups (broad SMARTS) is 1. The fourth-order valence-corrected chi connectivity index (χ4v) is 0.915. The van der Waals surface area contributed by atoms with Gasteiger partial charge in [0.25, 0.3) is 0 Å². The van der Waals surface area contributed by atoms with Crippen molar-refractivity contribution in [3.63, 3.8) is 0 Å². The smallest absolute Gasteiger partial charge is 0.543 e. The molecule has 0 aliphatic carbocycles. The Balaban J connectivity index is 0.00000144. The summed E-state index contributed by atoms with van der Waals surface area (Å²) in [5.41, 5.74) is 0.528. The molecule has 0 N–H and O–H groups in total. The van der Waals surface area contributed by atoms with Gasteiger partial charge in [-0.15, -0.1) is 0 Å². The van der Waals surface area contributed by atoms with E-state index in [1.807, 2.05) is 0 Å². The third-order valence-electron chi connectivity index (χ3n) is 1.46. The van der Waals surface area contributed by atoms with E-state index in [0.717, 1.165) is 0 Å². The molecule has 64 valence electrons. The molecule has 1 rings (SSSR count). The molecule has 0 amide bonds. The number of carbonyl (C=O) groups is 1. The first-order chi connectivity index (χ1) is 5.63. The van der Waals surface area contributed by atoms with Gasteiger partial charge in [-0.3, -0.25) is 4.98 Å². The van der Waals surface area contributed by atoms with E-state index in [1.54, 1.807) is 31.1 Å². The van der Waals surface area contributed by atoms with Gasteiger partial charge in [-0.25, -0.2) is 0 Å². The summed E-state index contributed by atoms with van der Waals surface area (Å²) >= 11 is 0. The van der Waals surface area contributed by atoms with Crippen LogP contribution in [0, 0.1) is 0 Å². The summed E-state index contributed by atoms with van der Waals surface area (Å²) in [5, 5.41) is 10.5. The first-order valence-corrected chi connectivity index (χ1v) is 3.46. The molecule has 5 heteroatoms. The first kappa shape index (κ1) is 12.4. The van der Waals surface area contributed by atoms with Crippen LogP contribution in [-0.4, -0.2) is 25.0 Å². The number of carboxylic acids is 1. The van der Waals surface area contributed by atoms with Crippen molar-refractivity contribution in [1.29, 1.82) is 0 Å². The normalized spacial score (nSPS) is 8.77. The minimum Gasteiger partial charge on any atom is -0.543 e. The molecule has 0 atom stereocenters. The van der Waals surface area contributed by atoms with E-state index >= 15 is 0 Å². The molecule has 1 aromatic rings. The van der Waals surface area contributed by atoms with Gasteiger partial charge in [-0.1, -0.05) is 0 Å². The molecule has 0 aliphatic rings. The topological polar surface area (TPSA) is 56.3 Å². The molecule has 0 aliphatic heterocycles. The Morgan fingerprint density at radius 3 is 2.54 bits per heavy atom. The standard InChI is InChI=1S/C8H10N2O2.Na/c1-10(2)6-4-3-5-9-7(6)8(11)12;/h3-5H,1-2H3,(H,11,12);/q;+1/p-1. The minimum atomic E-state index is -1.25. The summed E-state index contributed by atoms with van der Waals surface area (Å²) in [6.45, 7) is 0. The molecule has 1 heterocycles. The zero-order valence-electron chi connectivity index (χ0n) is 7.94. The molecule has 13 heavy (non-hydrogen) atoms. The maximum atomic E-state index is 10.5. The summed E-state index contributed by atoms with van der Waals surface area (Å²) in [6.07, 6.45) is 1.43. The van der Waals surface area contributed by atoms with E-state index in [4.69, 9.17) is 0 Å². The maximum absolute atomic E-state index is 10.5. The SMILES string of the molecule is CN(C)c1cccnc1C(=O)[O-].[Na+]. The fourth-order valence-electron chi connectivity index (χ4n) is 0.915. The Hall–Kier alpha value is -0.580. The number of aromatic carboxylic acids is 1. The summed E-state index contributed by atoms with van der Waals surface area (Å²) in [4.78, 5) is 15.9. The second-order valence-corrected chi connectivity index (χ2v) is 2.55. The van der Waals surface area contributed by atoms with E-state index < -0.39 is 5.97 Å². The first-order valence-electron chi connectivity index (χ1n) is 3.46. The van der Waals surface area contributed by atoms with Crippen LogP contribution in [0.4, 0.5) is 5.69 Å². The molecule has 0 fully saturated rings. The monoisotopic (exact) mass is 188 g/mol. The van der Waals surface area contributed by atoms with Gasteiger partial charge in [0.15, 0.2) is 0 Å². The molecule has 0 saturated heterocycles.